The van der Waals surface area contributed by atoms with E-state index in [1.807, 2.05) is 42.5 Å². The summed E-state index contributed by atoms with van der Waals surface area (Å²) in [5.41, 5.74) is 2.55. The number of hydrazone groups is 1. The summed E-state index contributed by atoms with van der Waals surface area (Å²) in [6.45, 7) is 0.235. The number of sulfonamides is 1. The summed E-state index contributed by atoms with van der Waals surface area (Å²) in [6, 6.07) is 17.0. The normalized spacial score (nSPS) is 17.2. The van der Waals surface area contributed by atoms with Crippen LogP contribution in [-0.4, -0.2) is 34.9 Å². The van der Waals surface area contributed by atoms with Gasteiger partial charge in [-0.25, -0.2) is 0 Å². The molecule has 0 radical (unpaired) electrons. The quantitative estimate of drug-likeness (QED) is 0.675. The van der Waals surface area contributed by atoms with Gasteiger partial charge in [-0.2, -0.15) is 23.0 Å². The molecule has 0 amide bonds. The fourth-order valence-electron chi connectivity index (χ4n) is 3.11. The molecule has 0 saturated carbocycles. The van der Waals surface area contributed by atoms with Crippen molar-refractivity contribution in [3.8, 4) is 0 Å². The average Bonchev–Trinajstić information content (AvgIpc) is 3.30. The largest absolute Gasteiger partial charge is 0.282 e. The third-order valence-electron chi connectivity index (χ3n) is 4.49. The minimum absolute atomic E-state index is 0.123. The maximum Gasteiger partial charge on any atom is 0.282 e. The predicted octanol–water partition coefficient (Wildman–Crippen LogP) is 3.27. The highest BCUT2D eigenvalue weighted by atomic mass is 35.5. The molecule has 0 saturated heterocycles. The number of aryl methyl sites for hydroxylation is 1. The zero-order valence-corrected chi connectivity index (χ0v) is 16.1. The van der Waals surface area contributed by atoms with E-state index in [1.54, 1.807) is 19.2 Å². The Balaban J connectivity index is 1.78. The molecule has 138 valence electrons. The molecule has 27 heavy (non-hydrogen) atoms. The van der Waals surface area contributed by atoms with Crippen molar-refractivity contribution in [3.63, 3.8) is 0 Å². The average molecular weight is 401 g/mol. The molecular weight excluding hydrogens is 384 g/mol. The second-order valence-electron chi connectivity index (χ2n) is 6.31. The van der Waals surface area contributed by atoms with Crippen molar-refractivity contribution in [2.24, 2.45) is 12.1 Å². The summed E-state index contributed by atoms with van der Waals surface area (Å²) in [4.78, 5) is 0.123. The third kappa shape index (κ3) is 3.36. The van der Waals surface area contributed by atoms with Crippen LogP contribution >= 0.6 is 11.6 Å². The Kier molecular flexibility index (Phi) is 4.49. The van der Waals surface area contributed by atoms with Crippen LogP contribution in [0.4, 0.5) is 0 Å². The summed E-state index contributed by atoms with van der Waals surface area (Å²) in [6.07, 6.45) is 2.81. The topological polar surface area (TPSA) is 67.6 Å². The third-order valence-corrected chi connectivity index (χ3v) is 6.33. The molecule has 1 aliphatic rings. The van der Waals surface area contributed by atoms with Crippen molar-refractivity contribution in [1.29, 1.82) is 0 Å². The number of benzene rings is 2. The van der Waals surface area contributed by atoms with Gasteiger partial charge in [0.1, 0.15) is 4.90 Å². The van der Waals surface area contributed by atoms with Crippen LogP contribution in [-0.2, 0) is 17.1 Å². The summed E-state index contributed by atoms with van der Waals surface area (Å²) >= 11 is 6.00. The molecule has 8 heteroatoms. The second-order valence-corrected chi connectivity index (χ2v) is 8.59. The Morgan fingerprint density at radius 2 is 1.78 bits per heavy atom. The number of nitrogens with zero attached hydrogens (tertiary/aromatic N) is 4. The molecule has 0 spiro atoms. The molecule has 1 aromatic heterocycles. The van der Waals surface area contributed by atoms with Gasteiger partial charge < -0.3 is 0 Å². The molecule has 2 aromatic carbocycles. The van der Waals surface area contributed by atoms with E-state index in [9.17, 15) is 8.42 Å². The van der Waals surface area contributed by atoms with Crippen molar-refractivity contribution in [2.45, 2.75) is 10.8 Å². The maximum absolute atomic E-state index is 13.0. The second kappa shape index (κ2) is 6.83. The Morgan fingerprint density at radius 1 is 1.07 bits per heavy atom. The number of hydrogen-bond donors (Lipinski definition) is 0. The van der Waals surface area contributed by atoms with Gasteiger partial charge >= 0.3 is 0 Å². The number of halogens is 1. The van der Waals surface area contributed by atoms with Crippen molar-refractivity contribution >= 4 is 27.3 Å². The number of hydrogen-bond acceptors (Lipinski definition) is 4. The van der Waals surface area contributed by atoms with Gasteiger partial charge in [-0.05, 0) is 23.3 Å². The smallest absolute Gasteiger partial charge is 0.274 e. The van der Waals surface area contributed by atoms with Gasteiger partial charge in [0.05, 0.1) is 18.5 Å². The minimum atomic E-state index is -3.77. The van der Waals surface area contributed by atoms with Gasteiger partial charge in [-0.1, -0.05) is 54.1 Å². The van der Waals surface area contributed by atoms with Crippen LogP contribution in [0.5, 0.6) is 0 Å². The van der Waals surface area contributed by atoms with Crippen LogP contribution < -0.4 is 0 Å². The van der Waals surface area contributed by atoms with E-state index in [2.05, 4.69) is 10.2 Å². The molecule has 1 atom stereocenters. The summed E-state index contributed by atoms with van der Waals surface area (Å²) in [5, 5.41) is 9.07. The van der Waals surface area contributed by atoms with Crippen molar-refractivity contribution in [1.82, 2.24) is 14.2 Å². The lowest BCUT2D eigenvalue weighted by molar-refractivity contribution is 0.451. The first kappa shape index (κ1) is 17.8. The first-order chi connectivity index (χ1) is 12.9. The lowest BCUT2D eigenvalue weighted by Gasteiger charge is -2.16. The molecule has 4 rings (SSSR count). The molecule has 1 unspecified atom stereocenters. The summed E-state index contributed by atoms with van der Waals surface area (Å²) in [5.74, 6) is -0.168. The molecule has 6 nitrogen and oxygen atoms in total. The zero-order chi connectivity index (χ0) is 19.0. The van der Waals surface area contributed by atoms with Crippen LogP contribution in [0.15, 0.2) is 77.0 Å². The highest BCUT2D eigenvalue weighted by Crippen LogP contribution is 2.32. The Labute approximate surface area is 162 Å². The van der Waals surface area contributed by atoms with Crippen LogP contribution in [0.25, 0.3) is 0 Å². The van der Waals surface area contributed by atoms with Crippen LogP contribution in [0.1, 0.15) is 17.0 Å². The lowest BCUT2D eigenvalue weighted by atomic mass is 9.91. The van der Waals surface area contributed by atoms with E-state index < -0.39 is 10.0 Å². The highest BCUT2D eigenvalue weighted by Gasteiger charge is 2.36. The highest BCUT2D eigenvalue weighted by molar-refractivity contribution is 7.89. The summed E-state index contributed by atoms with van der Waals surface area (Å²) < 4.78 is 28.6. The van der Waals surface area contributed by atoms with Gasteiger partial charge in [0.2, 0.25) is 0 Å². The molecule has 0 bridgehead atoms. The van der Waals surface area contributed by atoms with Gasteiger partial charge in [0.25, 0.3) is 10.0 Å². The zero-order valence-electron chi connectivity index (χ0n) is 14.5. The monoisotopic (exact) mass is 400 g/mol. The van der Waals surface area contributed by atoms with E-state index in [-0.39, 0.29) is 17.4 Å². The van der Waals surface area contributed by atoms with Gasteiger partial charge in [-0.15, -0.1) is 0 Å². The van der Waals surface area contributed by atoms with E-state index in [0.29, 0.717) is 10.7 Å². The van der Waals surface area contributed by atoms with E-state index >= 15 is 0 Å². The van der Waals surface area contributed by atoms with Gasteiger partial charge in [0, 0.05) is 24.2 Å². The SMILES string of the molecule is Cn1cc(S(=O)(=O)N2CC(c3ccccc3)C(c3ccc(Cl)cc3)=N2)cn1. The van der Waals surface area contributed by atoms with Crippen LogP contribution in [0, 0.1) is 0 Å². The molecular formula is C19H17ClN4O2S. The molecule has 1 aliphatic heterocycles. The minimum Gasteiger partial charge on any atom is -0.274 e. The molecule has 3 aromatic rings. The maximum atomic E-state index is 13.0. The Bertz CT molecular complexity index is 1090. The molecule has 2 heterocycles. The van der Waals surface area contributed by atoms with Gasteiger partial charge in [-0.3, -0.25) is 4.68 Å². The Morgan fingerprint density at radius 3 is 2.41 bits per heavy atom. The lowest BCUT2D eigenvalue weighted by Crippen LogP contribution is -2.25. The van der Waals surface area contributed by atoms with E-state index in [1.165, 1.54) is 17.1 Å². The standard InChI is InChI=1S/C19H17ClN4O2S/c1-23-12-17(11-21-23)27(25,26)24-13-18(14-5-3-2-4-6-14)19(22-24)15-7-9-16(20)10-8-15/h2-12,18H,13H2,1H3. The van der Waals surface area contributed by atoms with Crippen molar-refractivity contribution in [2.75, 3.05) is 6.54 Å². The van der Waals surface area contributed by atoms with Gasteiger partial charge in [0.15, 0.2) is 0 Å². The number of aromatic nitrogens is 2. The van der Waals surface area contributed by atoms with Crippen LogP contribution in [0.3, 0.4) is 0 Å². The first-order valence-corrected chi connectivity index (χ1v) is 10.2. The van der Waals surface area contributed by atoms with Crippen molar-refractivity contribution < 1.29 is 8.42 Å². The summed E-state index contributed by atoms with van der Waals surface area (Å²) in [7, 11) is -2.09. The predicted molar refractivity (Wildman–Crippen MR) is 104 cm³/mol. The molecule has 0 fully saturated rings. The Hall–Kier alpha value is -2.64. The van der Waals surface area contributed by atoms with Crippen molar-refractivity contribution in [3.05, 3.63) is 83.1 Å². The molecule has 0 N–H and O–H groups in total. The molecule has 0 aliphatic carbocycles. The first-order valence-electron chi connectivity index (χ1n) is 8.36. The van der Waals surface area contributed by atoms with E-state index in [0.717, 1.165) is 15.5 Å². The van der Waals surface area contributed by atoms with Crippen LogP contribution in [0.2, 0.25) is 5.02 Å². The van der Waals surface area contributed by atoms with E-state index in [4.69, 9.17) is 11.6 Å². The fraction of sp³-hybridized carbons (Fsp3) is 0.158. The number of rotatable bonds is 4. The fourth-order valence-corrected chi connectivity index (χ4v) is 4.48.